The second-order valence-corrected chi connectivity index (χ2v) is 4.67. The van der Waals surface area contributed by atoms with Gasteiger partial charge in [-0.05, 0) is 26.8 Å². The number of nitrogens with zero attached hydrogens (tertiary/aromatic N) is 2. The van der Waals surface area contributed by atoms with Crippen LogP contribution in [0.5, 0.6) is 0 Å². The van der Waals surface area contributed by atoms with Crippen LogP contribution in [0.1, 0.15) is 20.8 Å². The maximum Gasteiger partial charge on any atom is 0.311 e. The van der Waals surface area contributed by atoms with Crippen LogP contribution in [-0.4, -0.2) is 26.7 Å². The molecule has 6 nitrogen and oxygen atoms in total. The van der Waals surface area contributed by atoms with Crippen LogP contribution in [0.4, 0.5) is 11.5 Å². The summed E-state index contributed by atoms with van der Waals surface area (Å²) in [6.07, 6.45) is -0.706. The summed E-state index contributed by atoms with van der Waals surface area (Å²) in [4.78, 5) is 14.1. The number of rotatable bonds is 4. The number of nitrogens with one attached hydrogen (secondary N) is 1. The summed E-state index contributed by atoms with van der Waals surface area (Å²) in [7, 11) is 0. The van der Waals surface area contributed by atoms with E-state index in [1.807, 2.05) is 0 Å². The van der Waals surface area contributed by atoms with Crippen molar-refractivity contribution in [2.24, 2.45) is 0 Å². The highest BCUT2D eigenvalue weighted by atomic mass is 35.5. The number of pyridine rings is 1. The fourth-order valence-corrected chi connectivity index (χ4v) is 1.22. The molecule has 0 bridgehead atoms. The number of hydrogen-bond acceptors (Lipinski definition) is 5. The van der Waals surface area contributed by atoms with Crippen LogP contribution in [0.15, 0.2) is 12.1 Å². The first-order valence-electron chi connectivity index (χ1n) is 5.01. The average Bonchev–Trinajstić information content (AvgIpc) is 2.15. The SMILES string of the molecule is CC(O)C(C)(C)Nc1nc(Cl)ccc1[N+](=O)[O-]. The molecule has 0 aliphatic carbocycles. The van der Waals surface area contributed by atoms with E-state index in [0.29, 0.717) is 0 Å². The van der Waals surface area contributed by atoms with Gasteiger partial charge in [0.1, 0.15) is 5.15 Å². The molecule has 0 amide bonds. The van der Waals surface area contributed by atoms with Gasteiger partial charge in [-0.1, -0.05) is 11.6 Å². The second-order valence-electron chi connectivity index (χ2n) is 4.28. The molecule has 0 aromatic carbocycles. The zero-order chi connectivity index (χ0) is 13.2. The van der Waals surface area contributed by atoms with Gasteiger partial charge in [0.2, 0.25) is 5.82 Å². The molecule has 7 heteroatoms. The average molecular weight is 260 g/mol. The lowest BCUT2D eigenvalue weighted by Gasteiger charge is -2.29. The predicted molar refractivity (Wildman–Crippen MR) is 65.3 cm³/mol. The Morgan fingerprint density at radius 2 is 2.18 bits per heavy atom. The van der Waals surface area contributed by atoms with Gasteiger partial charge in [0.15, 0.2) is 0 Å². The van der Waals surface area contributed by atoms with Crippen molar-refractivity contribution in [1.29, 1.82) is 0 Å². The van der Waals surface area contributed by atoms with E-state index in [1.165, 1.54) is 12.1 Å². The lowest BCUT2D eigenvalue weighted by Crippen LogP contribution is -2.42. The first kappa shape index (κ1) is 13.7. The molecule has 94 valence electrons. The fourth-order valence-electron chi connectivity index (χ4n) is 1.08. The number of aromatic nitrogens is 1. The van der Waals surface area contributed by atoms with Gasteiger partial charge in [-0.2, -0.15) is 0 Å². The highest BCUT2D eigenvalue weighted by Crippen LogP contribution is 2.27. The van der Waals surface area contributed by atoms with Crippen LogP contribution in [-0.2, 0) is 0 Å². The number of aliphatic hydroxyl groups excluding tert-OH is 1. The topological polar surface area (TPSA) is 88.3 Å². The van der Waals surface area contributed by atoms with Gasteiger partial charge >= 0.3 is 5.69 Å². The third kappa shape index (κ3) is 3.28. The van der Waals surface area contributed by atoms with Gasteiger partial charge in [0, 0.05) is 6.07 Å². The zero-order valence-electron chi connectivity index (χ0n) is 9.77. The highest BCUT2D eigenvalue weighted by molar-refractivity contribution is 6.29. The van der Waals surface area contributed by atoms with Crippen molar-refractivity contribution in [3.05, 3.63) is 27.4 Å². The Balaban J connectivity index is 3.13. The summed E-state index contributed by atoms with van der Waals surface area (Å²) in [5, 5.41) is 23.3. The molecule has 1 unspecified atom stereocenters. The Morgan fingerprint density at radius 3 is 2.65 bits per heavy atom. The smallest absolute Gasteiger partial charge is 0.311 e. The predicted octanol–water partition coefficient (Wildman–Crippen LogP) is 2.21. The monoisotopic (exact) mass is 259 g/mol. The number of hydrogen-bond donors (Lipinski definition) is 2. The molecule has 1 aromatic heterocycles. The van der Waals surface area contributed by atoms with E-state index >= 15 is 0 Å². The molecule has 2 N–H and O–H groups in total. The number of nitro groups is 1. The van der Waals surface area contributed by atoms with E-state index in [2.05, 4.69) is 10.3 Å². The molecule has 1 aromatic rings. The number of halogens is 1. The van der Waals surface area contributed by atoms with Crippen LogP contribution in [0, 0.1) is 10.1 Å². The van der Waals surface area contributed by atoms with Crippen molar-refractivity contribution in [2.75, 3.05) is 5.32 Å². The quantitative estimate of drug-likeness (QED) is 0.492. The summed E-state index contributed by atoms with van der Waals surface area (Å²) < 4.78 is 0. The summed E-state index contributed by atoms with van der Waals surface area (Å²) in [6, 6.07) is 2.62. The molecule has 0 fully saturated rings. The van der Waals surface area contributed by atoms with Crippen LogP contribution < -0.4 is 5.32 Å². The second kappa shape index (κ2) is 4.85. The van der Waals surface area contributed by atoms with E-state index in [9.17, 15) is 15.2 Å². The number of aliphatic hydroxyl groups is 1. The lowest BCUT2D eigenvalue weighted by atomic mass is 9.99. The number of anilines is 1. The Morgan fingerprint density at radius 1 is 1.59 bits per heavy atom. The van der Waals surface area contributed by atoms with Crippen molar-refractivity contribution in [3.8, 4) is 0 Å². The minimum Gasteiger partial charge on any atom is -0.391 e. The Hall–Kier alpha value is -1.40. The molecular weight excluding hydrogens is 246 g/mol. The standard InChI is InChI=1S/C10H14ClN3O3/c1-6(15)10(2,3)13-9-7(14(16)17)4-5-8(11)12-9/h4-6,15H,1-3H3,(H,12,13). The van der Waals surface area contributed by atoms with Gasteiger partial charge in [0.25, 0.3) is 0 Å². The van der Waals surface area contributed by atoms with Gasteiger partial charge in [0.05, 0.1) is 16.6 Å². The van der Waals surface area contributed by atoms with Crippen LogP contribution >= 0.6 is 11.6 Å². The summed E-state index contributed by atoms with van der Waals surface area (Å²) in [6.45, 7) is 5.01. The third-order valence-corrected chi connectivity index (χ3v) is 2.73. The van der Waals surface area contributed by atoms with Gasteiger partial charge in [-0.3, -0.25) is 10.1 Å². The van der Waals surface area contributed by atoms with Crippen LogP contribution in [0.25, 0.3) is 0 Å². The van der Waals surface area contributed by atoms with Gasteiger partial charge in [-0.15, -0.1) is 0 Å². The first-order chi connectivity index (χ1) is 7.74. The van der Waals surface area contributed by atoms with E-state index < -0.39 is 16.6 Å². The normalized spacial score (nSPS) is 13.2. The molecule has 1 atom stereocenters. The molecule has 1 rings (SSSR count). The molecule has 1 heterocycles. The molecule has 0 saturated carbocycles. The van der Waals surface area contributed by atoms with Crippen LogP contribution in [0.3, 0.4) is 0 Å². The Labute approximate surface area is 104 Å². The largest absolute Gasteiger partial charge is 0.391 e. The molecule has 17 heavy (non-hydrogen) atoms. The van der Waals surface area contributed by atoms with E-state index in [-0.39, 0.29) is 16.7 Å². The van der Waals surface area contributed by atoms with E-state index in [0.717, 1.165) is 0 Å². The fraction of sp³-hybridized carbons (Fsp3) is 0.500. The first-order valence-corrected chi connectivity index (χ1v) is 5.39. The molecular formula is C10H14ClN3O3. The van der Waals surface area contributed by atoms with Crippen molar-refractivity contribution >= 4 is 23.1 Å². The van der Waals surface area contributed by atoms with Gasteiger partial charge < -0.3 is 10.4 Å². The molecule has 0 aliphatic heterocycles. The third-order valence-electron chi connectivity index (χ3n) is 2.52. The maximum absolute atomic E-state index is 10.8. The van der Waals surface area contributed by atoms with Gasteiger partial charge in [-0.25, -0.2) is 4.98 Å². The van der Waals surface area contributed by atoms with Crippen molar-refractivity contribution in [1.82, 2.24) is 4.98 Å². The Bertz CT molecular complexity index is 435. The Kier molecular flexibility index (Phi) is 3.90. The molecule has 0 radical (unpaired) electrons. The molecule has 0 spiro atoms. The van der Waals surface area contributed by atoms with E-state index in [4.69, 9.17) is 11.6 Å². The zero-order valence-corrected chi connectivity index (χ0v) is 10.5. The minimum absolute atomic E-state index is 0.0494. The lowest BCUT2D eigenvalue weighted by molar-refractivity contribution is -0.384. The van der Waals surface area contributed by atoms with Crippen LogP contribution in [0.2, 0.25) is 5.15 Å². The van der Waals surface area contributed by atoms with Crippen molar-refractivity contribution in [2.45, 2.75) is 32.4 Å². The maximum atomic E-state index is 10.8. The summed E-state index contributed by atoms with van der Waals surface area (Å²) in [5.74, 6) is 0.0494. The minimum atomic E-state index is -0.748. The summed E-state index contributed by atoms with van der Waals surface area (Å²) in [5.41, 5.74) is -0.925. The van der Waals surface area contributed by atoms with E-state index in [1.54, 1.807) is 20.8 Å². The van der Waals surface area contributed by atoms with Crippen molar-refractivity contribution in [3.63, 3.8) is 0 Å². The summed E-state index contributed by atoms with van der Waals surface area (Å²) >= 11 is 5.69. The molecule has 0 saturated heterocycles. The highest BCUT2D eigenvalue weighted by Gasteiger charge is 2.28. The molecule has 0 aliphatic rings. The van der Waals surface area contributed by atoms with Crippen molar-refractivity contribution < 1.29 is 10.0 Å².